The molecule has 0 aliphatic carbocycles. The van der Waals surface area contributed by atoms with Crippen molar-refractivity contribution < 1.29 is 9.21 Å². The van der Waals surface area contributed by atoms with E-state index in [9.17, 15) is 4.79 Å². The third-order valence-corrected chi connectivity index (χ3v) is 4.92. The van der Waals surface area contributed by atoms with Crippen LogP contribution in [0.2, 0.25) is 0 Å². The summed E-state index contributed by atoms with van der Waals surface area (Å²) in [7, 11) is 0. The van der Waals surface area contributed by atoms with Gasteiger partial charge in [-0.05, 0) is 54.3 Å². The van der Waals surface area contributed by atoms with E-state index in [4.69, 9.17) is 4.42 Å². The van der Waals surface area contributed by atoms with Crippen LogP contribution in [0.15, 0.2) is 71.1 Å². The van der Waals surface area contributed by atoms with Crippen LogP contribution in [0.25, 0.3) is 22.6 Å². The van der Waals surface area contributed by atoms with Gasteiger partial charge in [0.1, 0.15) is 5.52 Å². The number of rotatable bonds is 3. The number of hydrogen-bond donors (Lipinski definition) is 1. The van der Waals surface area contributed by atoms with Crippen LogP contribution in [0, 0.1) is 6.92 Å². The van der Waals surface area contributed by atoms with Crippen LogP contribution in [0.4, 0.5) is 5.69 Å². The normalized spacial score (nSPS) is 11.6. The first-order valence-electron chi connectivity index (χ1n) is 9.69. The Morgan fingerprint density at radius 1 is 0.966 bits per heavy atom. The second-order valence-electron chi connectivity index (χ2n) is 8.35. The van der Waals surface area contributed by atoms with Gasteiger partial charge in [-0.15, -0.1) is 0 Å². The standard InChI is InChI=1S/C25H24N2O2/c1-16-6-5-7-18(14-16)24-27-21-13-12-20(15-22(21)29-24)26-23(28)17-8-10-19(11-9-17)25(2,3)4/h5-15H,1-4H3,(H,26,28). The molecule has 0 fully saturated rings. The quantitative estimate of drug-likeness (QED) is 0.447. The van der Waals surface area contributed by atoms with Crippen molar-refractivity contribution in [3.8, 4) is 11.5 Å². The minimum absolute atomic E-state index is 0.0569. The molecule has 146 valence electrons. The molecule has 4 heteroatoms. The smallest absolute Gasteiger partial charge is 0.255 e. The lowest BCUT2D eigenvalue weighted by Gasteiger charge is -2.19. The molecule has 0 bridgehead atoms. The van der Waals surface area contributed by atoms with E-state index in [2.05, 4.69) is 31.1 Å². The van der Waals surface area contributed by atoms with Crippen molar-refractivity contribution in [1.82, 2.24) is 4.98 Å². The topological polar surface area (TPSA) is 55.1 Å². The lowest BCUT2D eigenvalue weighted by molar-refractivity contribution is 0.102. The fourth-order valence-electron chi connectivity index (χ4n) is 3.23. The largest absolute Gasteiger partial charge is 0.436 e. The first-order chi connectivity index (χ1) is 13.8. The number of benzene rings is 3. The van der Waals surface area contributed by atoms with Gasteiger partial charge in [0.05, 0.1) is 0 Å². The molecule has 0 spiro atoms. The van der Waals surface area contributed by atoms with Gasteiger partial charge >= 0.3 is 0 Å². The molecule has 0 atom stereocenters. The minimum Gasteiger partial charge on any atom is -0.436 e. The molecule has 0 saturated heterocycles. The van der Waals surface area contributed by atoms with Gasteiger partial charge in [0.15, 0.2) is 5.58 Å². The summed E-state index contributed by atoms with van der Waals surface area (Å²) in [6.07, 6.45) is 0. The summed E-state index contributed by atoms with van der Waals surface area (Å²) in [5.41, 5.74) is 6.03. The maximum atomic E-state index is 12.6. The van der Waals surface area contributed by atoms with Crippen LogP contribution >= 0.6 is 0 Å². The number of hydrogen-bond acceptors (Lipinski definition) is 3. The Kier molecular flexibility index (Phi) is 4.71. The molecule has 1 amide bonds. The van der Waals surface area contributed by atoms with E-state index in [0.717, 1.165) is 16.6 Å². The Morgan fingerprint density at radius 3 is 2.41 bits per heavy atom. The number of carbonyl (C=O) groups excluding carboxylic acids is 1. The molecular formula is C25H24N2O2. The van der Waals surface area contributed by atoms with Gasteiger partial charge in [-0.25, -0.2) is 4.98 Å². The molecule has 3 aromatic carbocycles. The zero-order chi connectivity index (χ0) is 20.6. The van der Waals surface area contributed by atoms with Gasteiger partial charge in [-0.2, -0.15) is 0 Å². The first kappa shape index (κ1) is 18.9. The zero-order valence-corrected chi connectivity index (χ0v) is 17.1. The summed E-state index contributed by atoms with van der Waals surface area (Å²) in [6.45, 7) is 8.49. The lowest BCUT2D eigenvalue weighted by Crippen LogP contribution is -2.14. The molecule has 0 unspecified atom stereocenters. The van der Waals surface area contributed by atoms with E-state index in [1.807, 2.05) is 73.7 Å². The highest BCUT2D eigenvalue weighted by Crippen LogP contribution is 2.27. The minimum atomic E-state index is -0.150. The summed E-state index contributed by atoms with van der Waals surface area (Å²) >= 11 is 0. The Bertz CT molecular complexity index is 1180. The van der Waals surface area contributed by atoms with Crippen LogP contribution in [-0.4, -0.2) is 10.9 Å². The molecule has 4 nitrogen and oxygen atoms in total. The van der Waals surface area contributed by atoms with Crippen LogP contribution in [0.5, 0.6) is 0 Å². The molecule has 0 radical (unpaired) electrons. The highest BCUT2D eigenvalue weighted by Gasteiger charge is 2.15. The molecule has 29 heavy (non-hydrogen) atoms. The third-order valence-electron chi connectivity index (χ3n) is 4.92. The van der Waals surface area contributed by atoms with E-state index in [1.54, 1.807) is 0 Å². The van der Waals surface area contributed by atoms with Gasteiger partial charge < -0.3 is 9.73 Å². The highest BCUT2D eigenvalue weighted by atomic mass is 16.3. The molecule has 1 heterocycles. The van der Waals surface area contributed by atoms with E-state index < -0.39 is 0 Å². The Morgan fingerprint density at radius 2 is 1.72 bits per heavy atom. The monoisotopic (exact) mass is 384 g/mol. The summed E-state index contributed by atoms with van der Waals surface area (Å²) in [6, 6.07) is 21.3. The average Bonchev–Trinajstić information content (AvgIpc) is 3.11. The van der Waals surface area contributed by atoms with Crippen molar-refractivity contribution in [2.75, 3.05) is 5.32 Å². The Hall–Kier alpha value is -3.40. The predicted molar refractivity (Wildman–Crippen MR) is 117 cm³/mol. The van der Waals surface area contributed by atoms with E-state index in [0.29, 0.717) is 22.7 Å². The number of oxazole rings is 1. The van der Waals surface area contributed by atoms with Crippen LogP contribution in [-0.2, 0) is 5.41 Å². The van der Waals surface area contributed by atoms with Gasteiger partial charge in [-0.1, -0.05) is 50.6 Å². The van der Waals surface area contributed by atoms with Crippen molar-refractivity contribution >= 4 is 22.7 Å². The lowest BCUT2D eigenvalue weighted by atomic mass is 9.87. The molecule has 1 N–H and O–H groups in total. The number of carbonyl (C=O) groups is 1. The number of fused-ring (bicyclic) bond motifs is 1. The predicted octanol–water partition coefficient (Wildman–Crippen LogP) is 6.35. The van der Waals surface area contributed by atoms with E-state index in [-0.39, 0.29) is 11.3 Å². The van der Waals surface area contributed by atoms with Gasteiger partial charge in [0.2, 0.25) is 5.89 Å². The summed E-state index contributed by atoms with van der Waals surface area (Å²) < 4.78 is 5.93. The van der Waals surface area contributed by atoms with Crippen molar-refractivity contribution in [2.24, 2.45) is 0 Å². The Labute approximate surface area is 170 Å². The van der Waals surface area contributed by atoms with Crippen molar-refractivity contribution in [1.29, 1.82) is 0 Å². The Balaban J connectivity index is 1.56. The molecule has 1 aromatic heterocycles. The SMILES string of the molecule is Cc1cccc(-c2nc3ccc(NC(=O)c4ccc(C(C)(C)C)cc4)cc3o2)c1. The van der Waals surface area contributed by atoms with Crippen molar-refractivity contribution in [3.63, 3.8) is 0 Å². The number of aromatic nitrogens is 1. The number of anilines is 1. The van der Waals surface area contributed by atoms with Crippen LogP contribution < -0.4 is 5.32 Å². The molecule has 4 rings (SSSR count). The van der Waals surface area contributed by atoms with Crippen molar-refractivity contribution in [2.45, 2.75) is 33.1 Å². The summed E-state index contributed by atoms with van der Waals surface area (Å²) in [5.74, 6) is 0.424. The number of amides is 1. The maximum Gasteiger partial charge on any atom is 0.255 e. The molecular weight excluding hydrogens is 360 g/mol. The number of nitrogens with one attached hydrogen (secondary N) is 1. The summed E-state index contributed by atoms with van der Waals surface area (Å²) in [4.78, 5) is 17.2. The maximum absolute atomic E-state index is 12.6. The van der Waals surface area contributed by atoms with Gasteiger partial charge in [-0.3, -0.25) is 4.79 Å². The average molecular weight is 384 g/mol. The first-order valence-corrected chi connectivity index (χ1v) is 9.69. The molecule has 0 aliphatic heterocycles. The zero-order valence-electron chi connectivity index (χ0n) is 17.1. The van der Waals surface area contributed by atoms with Gasteiger partial charge in [0, 0.05) is 22.9 Å². The van der Waals surface area contributed by atoms with E-state index in [1.165, 1.54) is 5.56 Å². The fourth-order valence-corrected chi connectivity index (χ4v) is 3.23. The van der Waals surface area contributed by atoms with Crippen LogP contribution in [0.1, 0.15) is 42.3 Å². The van der Waals surface area contributed by atoms with Gasteiger partial charge in [0.25, 0.3) is 5.91 Å². The van der Waals surface area contributed by atoms with E-state index >= 15 is 0 Å². The molecule has 0 saturated carbocycles. The van der Waals surface area contributed by atoms with Crippen molar-refractivity contribution in [3.05, 3.63) is 83.4 Å². The number of nitrogens with zero attached hydrogens (tertiary/aromatic N) is 1. The highest BCUT2D eigenvalue weighted by molar-refractivity contribution is 6.05. The second kappa shape index (κ2) is 7.21. The number of aryl methyl sites for hydroxylation is 1. The van der Waals surface area contributed by atoms with Crippen LogP contribution in [0.3, 0.4) is 0 Å². The third kappa shape index (κ3) is 4.06. The molecule has 0 aliphatic rings. The fraction of sp³-hybridized carbons (Fsp3) is 0.200. The molecule has 4 aromatic rings. The second-order valence-corrected chi connectivity index (χ2v) is 8.35. The summed E-state index contributed by atoms with van der Waals surface area (Å²) in [5, 5.41) is 2.94.